The fourth-order valence-electron chi connectivity index (χ4n) is 7.25. The average Bonchev–Trinajstić information content (AvgIpc) is 4.09. The molecular formula is C45H59IN16O10S. The zero-order valence-electron chi connectivity index (χ0n) is 39.7. The third-order valence-electron chi connectivity index (χ3n) is 11.1. The number of thiol groups is 1. The molecule has 17 N–H and O–H groups in total. The molecule has 73 heavy (non-hydrogen) atoms. The van der Waals surface area contributed by atoms with E-state index in [4.69, 9.17) is 11.5 Å². The number of rotatable bonds is 27. The number of nitrogens with two attached hydrogens (primary N) is 2. The molecule has 0 aliphatic carbocycles. The molecule has 1 aliphatic heterocycles. The Morgan fingerprint density at radius 2 is 1.40 bits per heavy atom. The Balaban J connectivity index is 1.34. The summed E-state index contributed by atoms with van der Waals surface area (Å²) in [7, 11) is 0. The van der Waals surface area contributed by atoms with Gasteiger partial charge in [-0.15, -0.1) is 0 Å². The van der Waals surface area contributed by atoms with E-state index < -0.39 is 136 Å². The topological polar surface area (TPSA) is 407 Å². The number of imide groups is 1. The van der Waals surface area contributed by atoms with Gasteiger partial charge in [-0.2, -0.15) is 12.6 Å². The number of nitrogens with zero attached hydrogens (tertiary/aromatic N) is 3. The number of urea groups is 1. The van der Waals surface area contributed by atoms with E-state index in [9.17, 15) is 47.9 Å². The Morgan fingerprint density at radius 3 is 2.03 bits per heavy atom. The molecule has 7 unspecified atom stereocenters. The number of benzene rings is 2. The predicted octanol–water partition coefficient (Wildman–Crippen LogP) is -8.08. The van der Waals surface area contributed by atoms with E-state index in [1.807, 2.05) is 24.3 Å². The molecule has 0 spiro atoms. The van der Waals surface area contributed by atoms with Crippen molar-refractivity contribution in [3.8, 4) is 0 Å². The van der Waals surface area contributed by atoms with Crippen LogP contribution in [-0.2, 0) is 62.4 Å². The summed E-state index contributed by atoms with van der Waals surface area (Å²) in [6.45, 7) is 1.71. The van der Waals surface area contributed by atoms with Crippen molar-refractivity contribution in [1.82, 2.24) is 62.4 Å². The summed E-state index contributed by atoms with van der Waals surface area (Å²) in [5, 5.41) is 21.4. The van der Waals surface area contributed by atoms with Gasteiger partial charge in [0.25, 0.3) is 5.91 Å². The van der Waals surface area contributed by atoms with Gasteiger partial charge in [-0.05, 0) is 6.92 Å². The van der Waals surface area contributed by atoms with Gasteiger partial charge in [0.05, 0.1) is 0 Å². The van der Waals surface area contributed by atoms with Crippen molar-refractivity contribution >= 4 is 88.7 Å². The summed E-state index contributed by atoms with van der Waals surface area (Å²) < 4.78 is 0.237. The van der Waals surface area contributed by atoms with Crippen molar-refractivity contribution in [2.45, 2.75) is 75.4 Å². The molecule has 7 atom stereocenters. The van der Waals surface area contributed by atoms with Crippen molar-refractivity contribution in [1.29, 1.82) is 0 Å². The number of aliphatic imine (C=N–C) groups is 1. The van der Waals surface area contributed by atoms with Gasteiger partial charge in [0.2, 0.25) is 11.8 Å². The summed E-state index contributed by atoms with van der Waals surface area (Å²) in [5.41, 5.74) is 16.9. The number of hydrogen-bond donors (Lipinski definition) is 14. The number of fused-ring (bicyclic) bond motifs is 1. The maximum absolute atomic E-state index is 14.5. The Labute approximate surface area is 433 Å². The fraction of sp³-hybridized carbons (Fsp3) is 0.378. The minimum atomic E-state index is -1.40. The second-order valence-electron chi connectivity index (χ2n) is 16.7. The van der Waals surface area contributed by atoms with E-state index in [0.29, 0.717) is 21.7 Å². The molecule has 28 heteroatoms. The number of nitrogens with one attached hydrogen (secondary N) is 10. The normalized spacial score (nSPS) is 15.6. The van der Waals surface area contributed by atoms with Gasteiger partial charge < -0.3 is 10.6 Å². The molecule has 11 amide bonds. The van der Waals surface area contributed by atoms with Crippen molar-refractivity contribution < 1.29 is 74.9 Å². The molecule has 5 rings (SSSR count). The standard InChI is InChI=1S/C45H58IN16O10S/c1-23(55-42(70)34(20-73)57-36(64)19-62-43(71)24(2)56-45(62)72)37(65)58-32(14-27-17-50-22-54-27)40(68)59-30(12-25-8-4-3-5-9-25)39(67)61-33(15-46-21-53-44(48)49)41(69)60-31(38(66)52-18-35(47)63)13-26-16-51-29-11-7-6-10-28(26)29/h3-11,16-17,22-24,30-34,51,73H,12-15,18-21H2,1-2H3,(H2,47,63)(H,50,54)(H,52,66)(H,55,70)(H,56,72)(H,57,64)(H,58,65)(H,59,68)(H,60,69)(H,61,67)(H4,48,49,53)/q-1/p+1. The Morgan fingerprint density at radius 1 is 0.781 bits per heavy atom. The number of aromatic amines is 2. The molecule has 0 bridgehead atoms. The number of hydrogen-bond acceptors (Lipinski definition) is 13. The van der Waals surface area contributed by atoms with Gasteiger partial charge in [-0.25, -0.2) is 4.79 Å². The van der Waals surface area contributed by atoms with Gasteiger partial charge in [0, 0.05) is 5.75 Å². The molecule has 2 aromatic carbocycles. The second-order valence-corrected chi connectivity index (χ2v) is 19.7. The van der Waals surface area contributed by atoms with Crippen molar-refractivity contribution in [2.75, 3.05) is 27.8 Å². The maximum atomic E-state index is 14.5. The Kier molecular flexibility index (Phi) is 21.1. The van der Waals surface area contributed by atoms with E-state index in [-0.39, 0.29) is 40.0 Å². The van der Waals surface area contributed by atoms with Gasteiger partial charge >= 0.3 is 339 Å². The Bertz CT molecular complexity index is 2670. The Hall–Kier alpha value is -7.60. The first kappa shape index (κ1) is 56.3. The number of carbonyl (C=O) groups excluding carboxylic acids is 10. The number of carbonyl (C=O) groups is 10. The van der Waals surface area contributed by atoms with Crippen LogP contribution in [0, 0.1) is 0 Å². The van der Waals surface area contributed by atoms with Gasteiger partial charge in [-0.3, -0.25) is 19.3 Å². The quantitative estimate of drug-likeness (QED) is 0.00386. The number of para-hydroxylation sites is 1. The van der Waals surface area contributed by atoms with Crippen LogP contribution in [0.1, 0.15) is 30.7 Å². The van der Waals surface area contributed by atoms with Crippen LogP contribution in [-0.4, -0.2) is 155 Å². The summed E-state index contributed by atoms with van der Waals surface area (Å²) in [6, 6.07) is 6.46. The van der Waals surface area contributed by atoms with Crippen LogP contribution in [0.2, 0.25) is 0 Å². The fourth-order valence-corrected chi connectivity index (χ4v) is 9.66. The van der Waals surface area contributed by atoms with Crippen molar-refractivity contribution in [3.05, 3.63) is 90.1 Å². The number of aromatic nitrogens is 3. The number of H-pyrrole nitrogens is 2. The van der Waals surface area contributed by atoms with Gasteiger partial charge in [-0.1, -0.05) is 0 Å². The molecule has 2 aromatic heterocycles. The van der Waals surface area contributed by atoms with Crippen molar-refractivity contribution in [2.24, 2.45) is 16.5 Å². The van der Waals surface area contributed by atoms with Crippen LogP contribution in [0.25, 0.3) is 10.9 Å². The summed E-state index contributed by atoms with van der Waals surface area (Å²) in [4.78, 5) is 147. The van der Waals surface area contributed by atoms with Crippen LogP contribution in [0.4, 0.5) is 4.79 Å². The summed E-state index contributed by atoms with van der Waals surface area (Å²) >= 11 is 3.14. The number of amides is 11. The molecule has 0 saturated carbocycles. The predicted molar refractivity (Wildman–Crippen MR) is 262 cm³/mol. The number of imidazole rings is 1. The zero-order chi connectivity index (χ0) is 53.2. The molecule has 392 valence electrons. The number of halogens is 1. The van der Waals surface area contributed by atoms with Gasteiger partial charge in [0.15, 0.2) is 0 Å². The van der Waals surface area contributed by atoms with Crippen LogP contribution >= 0.6 is 12.6 Å². The van der Waals surface area contributed by atoms with E-state index in [1.165, 1.54) is 26.4 Å². The monoisotopic (exact) mass is 1140 g/mol. The van der Waals surface area contributed by atoms with Crippen LogP contribution in [0.3, 0.4) is 0 Å². The SMILES string of the molecule is CC(NC(=O)C(CS)NC(=O)CN1C(=O)NC(C)C1=O)C(=O)NC(Cc1cnc[nH]1)C(=O)NC(Cc1ccccc1)C(=O)NC(C[I-]CN=C(N)N)C(=O)NC(Cc1c[nH]c2ccccc12)C(=O)NCC([NH3+])=O. The minimum absolute atomic E-state index is 0.00978. The van der Waals surface area contributed by atoms with E-state index in [1.54, 1.807) is 36.5 Å². The van der Waals surface area contributed by atoms with Crippen LogP contribution in [0.5, 0.6) is 0 Å². The van der Waals surface area contributed by atoms with E-state index in [2.05, 4.69) is 80.8 Å². The van der Waals surface area contributed by atoms with E-state index in [0.717, 1.165) is 10.9 Å². The number of alkyl halides is 2. The summed E-state index contributed by atoms with van der Waals surface area (Å²) in [6.07, 6.45) is 4.20. The van der Waals surface area contributed by atoms with Crippen LogP contribution < -0.4 is 80.9 Å². The first-order valence-corrected chi connectivity index (χ1v) is 26.3. The number of guanidine groups is 1. The zero-order valence-corrected chi connectivity index (χ0v) is 42.8. The molecule has 1 aliphatic rings. The van der Waals surface area contributed by atoms with Crippen molar-refractivity contribution in [3.63, 3.8) is 0 Å². The van der Waals surface area contributed by atoms with Gasteiger partial charge in [0.1, 0.15) is 18.6 Å². The first-order chi connectivity index (χ1) is 34.8. The molecule has 3 heterocycles. The average molecular weight is 1140 g/mol. The number of quaternary nitrogens is 1. The molecular weight excluding hydrogens is 1080 g/mol. The van der Waals surface area contributed by atoms with Crippen LogP contribution in [0.15, 0.2) is 78.3 Å². The summed E-state index contributed by atoms with van der Waals surface area (Å²) in [5.74, 6) is -7.23. The third-order valence-corrected chi connectivity index (χ3v) is 13.7. The molecule has 4 aromatic rings. The first-order valence-electron chi connectivity index (χ1n) is 22.6. The third kappa shape index (κ3) is 17.0. The molecule has 0 radical (unpaired) electrons. The molecule has 1 fully saturated rings. The molecule has 26 nitrogen and oxygen atoms in total. The van der Waals surface area contributed by atoms with E-state index >= 15 is 0 Å². The molecule has 1 saturated heterocycles. The second kappa shape index (κ2) is 27.3.